The molecular formula is C56H108O6. The Morgan fingerprint density at radius 3 is 0.919 bits per heavy atom. The van der Waals surface area contributed by atoms with Crippen molar-refractivity contribution in [2.75, 3.05) is 13.2 Å². The Kier molecular flexibility index (Phi) is 47.6. The van der Waals surface area contributed by atoms with E-state index in [2.05, 4.69) is 34.6 Å². The zero-order valence-electron chi connectivity index (χ0n) is 42.5. The van der Waals surface area contributed by atoms with E-state index in [-0.39, 0.29) is 31.1 Å². The van der Waals surface area contributed by atoms with Crippen LogP contribution in [0.3, 0.4) is 0 Å². The summed E-state index contributed by atoms with van der Waals surface area (Å²) in [6, 6.07) is 0. The smallest absolute Gasteiger partial charge is 0.306 e. The molecule has 0 rings (SSSR count). The Balaban J connectivity index is 4.26. The van der Waals surface area contributed by atoms with Crippen LogP contribution in [-0.2, 0) is 28.6 Å². The largest absolute Gasteiger partial charge is 0.462 e. The lowest BCUT2D eigenvalue weighted by atomic mass is 9.99. The molecule has 0 N–H and O–H groups in total. The average Bonchev–Trinajstić information content (AvgIpc) is 3.26. The van der Waals surface area contributed by atoms with Gasteiger partial charge in [-0.2, -0.15) is 0 Å². The Morgan fingerprint density at radius 1 is 0.339 bits per heavy atom. The number of carbonyl (C=O) groups is 3. The van der Waals surface area contributed by atoms with Gasteiger partial charge in [-0.3, -0.25) is 14.4 Å². The maximum absolute atomic E-state index is 12.8. The number of carbonyl (C=O) groups excluding carboxylic acids is 3. The summed E-state index contributed by atoms with van der Waals surface area (Å²) in [6.45, 7) is 11.4. The van der Waals surface area contributed by atoms with Crippen molar-refractivity contribution in [1.82, 2.24) is 0 Å². The second kappa shape index (κ2) is 48.9. The number of ether oxygens (including phenoxy) is 3. The van der Waals surface area contributed by atoms with Crippen LogP contribution in [0.25, 0.3) is 0 Å². The van der Waals surface area contributed by atoms with Crippen molar-refractivity contribution in [2.24, 2.45) is 11.8 Å². The van der Waals surface area contributed by atoms with Gasteiger partial charge in [0.25, 0.3) is 0 Å². The molecule has 0 aliphatic heterocycles. The molecule has 6 heteroatoms. The highest BCUT2D eigenvalue weighted by atomic mass is 16.6. The van der Waals surface area contributed by atoms with Gasteiger partial charge in [0.2, 0.25) is 0 Å². The summed E-state index contributed by atoms with van der Waals surface area (Å²) < 4.78 is 16.8. The Bertz CT molecular complexity index is 949. The maximum Gasteiger partial charge on any atom is 0.306 e. The van der Waals surface area contributed by atoms with Crippen molar-refractivity contribution in [1.29, 1.82) is 0 Å². The van der Waals surface area contributed by atoms with Gasteiger partial charge in [0.1, 0.15) is 13.2 Å². The fourth-order valence-corrected chi connectivity index (χ4v) is 8.49. The normalized spacial score (nSPS) is 12.5. The standard InChI is InChI=1S/C56H108O6/c1-6-8-9-10-11-12-13-14-15-16-17-18-19-20-21-25-31-36-41-46-54(57)60-49-53(50-61-55(58)47-42-37-32-28-27-29-34-39-44-51(3)4)62-56(59)48-43-38-33-26-23-22-24-30-35-40-45-52(5)7-2/h51-53H,6-50H2,1-5H3/t52?,53-/m0/s1. The van der Waals surface area contributed by atoms with Crippen LogP contribution in [0.15, 0.2) is 0 Å². The second-order valence-electron chi connectivity index (χ2n) is 19.9. The van der Waals surface area contributed by atoms with E-state index in [1.54, 1.807) is 0 Å². The van der Waals surface area contributed by atoms with Gasteiger partial charge in [0.05, 0.1) is 0 Å². The summed E-state index contributed by atoms with van der Waals surface area (Å²) in [5, 5.41) is 0. The van der Waals surface area contributed by atoms with E-state index in [4.69, 9.17) is 14.2 Å². The van der Waals surface area contributed by atoms with Crippen LogP contribution in [0.5, 0.6) is 0 Å². The number of rotatable bonds is 50. The minimum Gasteiger partial charge on any atom is -0.462 e. The van der Waals surface area contributed by atoms with Crippen LogP contribution in [-0.4, -0.2) is 37.2 Å². The van der Waals surface area contributed by atoms with Gasteiger partial charge >= 0.3 is 17.9 Å². The van der Waals surface area contributed by atoms with Crippen molar-refractivity contribution >= 4 is 17.9 Å². The van der Waals surface area contributed by atoms with E-state index >= 15 is 0 Å². The maximum atomic E-state index is 12.8. The first kappa shape index (κ1) is 60.4. The van der Waals surface area contributed by atoms with Crippen LogP contribution in [0, 0.1) is 11.8 Å². The van der Waals surface area contributed by atoms with Crippen molar-refractivity contribution in [3.63, 3.8) is 0 Å². The summed E-state index contributed by atoms with van der Waals surface area (Å²) in [4.78, 5) is 38.0. The summed E-state index contributed by atoms with van der Waals surface area (Å²) >= 11 is 0. The molecule has 0 aromatic heterocycles. The highest BCUT2D eigenvalue weighted by molar-refractivity contribution is 5.71. The first-order valence-electron chi connectivity index (χ1n) is 27.8. The van der Waals surface area contributed by atoms with E-state index in [0.29, 0.717) is 19.3 Å². The lowest BCUT2D eigenvalue weighted by Crippen LogP contribution is -2.30. The van der Waals surface area contributed by atoms with Gasteiger partial charge in [0.15, 0.2) is 6.10 Å². The minimum atomic E-state index is -0.763. The Hall–Kier alpha value is -1.59. The minimum absolute atomic E-state index is 0.0637. The molecule has 1 unspecified atom stereocenters. The van der Waals surface area contributed by atoms with Gasteiger partial charge in [-0.05, 0) is 31.1 Å². The highest BCUT2D eigenvalue weighted by Crippen LogP contribution is 2.18. The predicted molar refractivity (Wildman–Crippen MR) is 266 cm³/mol. The summed E-state index contributed by atoms with van der Waals surface area (Å²) in [5.74, 6) is 0.817. The Labute approximate surface area is 387 Å². The lowest BCUT2D eigenvalue weighted by molar-refractivity contribution is -0.167. The molecule has 0 saturated heterocycles. The lowest BCUT2D eigenvalue weighted by Gasteiger charge is -2.18. The summed E-state index contributed by atoms with van der Waals surface area (Å²) in [7, 11) is 0. The quantitative estimate of drug-likeness (QED) is 0.0344. The van der Waals surface area contributed by atoms with Gasteiger partial charge in [-0.1, -0.05) is 272 Å². The highest BCUT2D eigenvalue weighted by Gasteiger charge is 2.19. The fourth-order valence-electron chi connectivity index (χ4n) is 8.49. The average molecular weight is 877 g/mol. The molecule has 0 bridgehead atoms. The van der Waals surface area contributed by atoms with E-state index in [1.807, 2.05) is 0 Å². The summed E-state index contributed by atoms with van der Waals surface area (Å²) in [5.41, 5.74) is 0. The third-order valence-corrected chi connectivity index (χ3v) is 13.1. The Morgan fingerprint density at radius 2 is 0.613 bits per heavy atom. The zero-order chi connectivity index (χ0) is 45.4. The molecule has 0 aromatic carbocycles. The van der Waals surface area contributed by atoms with Crippen molar-refractivity contribution < 1.29 is 28.6 Å². The molecule has 0 aliphatic carbocycles. The molecule has 0 aromatic rings. The van der Waals surface area contributed by atoms with Crippen LogP contribution >= 0.6 is 0 Å². The molecule has 0 fully saturated rings. The molecule has 62 heavy (non-hydrogen) atoms. The van der Waals surface area contributed by atoms with Gasteiger partial charge in [0, 0.05) is 19.3 Å². The van der Waals surface area contributed by atoms with E-state index < -0.39 is 6.10 Å². The fraction of sp³-hybridized carbons (Fsp3) is 0.946. The molecule has 368 valence electrons. The molecular weight excluding hydrogens is 769 g/mol. The molecule has 0 spiro atoms. The second-order valence-corrected chi connectivity index (χ2v) is 19.9. The zero-order valence-corrected chi connectivity index (χ0v) is 42.5. The van der Waals surface area contributed by atoms with E-state index in [0.717, 1.165) is 69.6 Å². The molecule has 0 aliphatic rings. The third kappa shape index (κ3) is 47.9. The van der Waals surface area contributed by atoms with Crippen LogP contribution in [0.4, 0.5) is 0 Å². The van der Waals surface area contributed by atoms with E-state index in [9.17, 15) is 14.4 Å². The molecule has 0 saturated carbocycles. The van der Waals surface area contributed by atoms with Crippen LogP contribution in [0.1, 0.15) is 311 Å². The molecule has 0 amide bonds. The topological polar surface area (TPSA) is 78.9 Å². The first-order chi connectivity index (χ1) is 30.3. The molecule has 2 atom stereocenters. The van der Waals surface area contributed by atoms with Crippen molar-refractivity contribution in [2.45, 2.75) is 317 Å². The number of esters is 3. The van der Waals surface area contributed by atoms with Gasteiger partial charge in [-0.25, -0.2) is 0 Å². The van der Waals surface area contributed by atoms with E-state index in [1.165, 1.54) is 199 Å². The van der Waals surface area contributed by atoms with Crippen LogP contribution in [0.2, 0.25) is 0 Å². The van der Waals surface area contributed by atoms with Crippen LogP contribution < -0.4 is 0 Å². The monoisotopic (exact) mass is 877 g/mol. The molecule has 0 heterocycles. The molecule has 6 nitrogen and oxygen atoms in total. The number of hydrogen-bond donors (Lipinski definition) is 0. The third-order valence-electron chi connectivity index (χ3n) is 13.1. The van der Waals surface area contributed by atoms with Crippen molar-refractivity contribution in [3.05, 3.63) is 0 Å². The van der Waals surface area contributed by atoms with Gasteiger partial charge < -0.3 is 14.2 Å². The number of hydrogen-bond acceptors (Lipinski definition) is 6. The summed E-state index contributed by atoms with van der Waals surface area (Å²) in [6.07, 6.45) is 50.9. The predicted octanol–water partition coefficient (Wildman–Crippen LogP) is 18.1. The molecule has 0 radical (unpaired) electrons. The van der Waals surface area contributed by atoms with Gasteiger partial charge in [-0.15, -0.1) is 0 Å². The van der Waals surface area contributed by atoms with Crippen molar-refractivity contribution in [3.8, 4) is 0 Å². The SMILES string of the molecule is CCCCCCCCCCCCCCCCCCCCCC(=O)OC[C@@H](COC(=O)CCCCCCCCCCC(C)C)OC(=O)CCCCCCCCCCCCC(C)CC. The number of unbranched alkanes of at least 4 members (excludes halogenated alkanes) is 34. The first-order valence-corrected chi connectivity index (χ1v) is 27.8.